The first-order valence-corrected chi connectivity index (χ1v) is 9.76. The number of nitrogens with zero attached hydrogens (tertiary/aromatic N) is 1. The fourth-order valence-corrected chi connectivity index (χ4v) is 4.63. The van der Waals surface area contributed by atoms with Gasteiger partial charge in [-0.1, -0.05) is 18.6 Å². The van der Waals surface area contributed by atoms with Crippen molar-refractivity contribution >= 4 is 24.8 Å². The zero-order valence-electron chi connectivity index (χ0n) is 15.4. The van der Waals surface area contributed by atoms with Gasteiger partial charge in [-0.3, -0.25) is 4.90 Å². The Bertz CT molecular complexity index is 624. The summed E-state index contributed by atoms with van der Waals surface area (Å²) in [6.07, 6.45) is 12.4. The first-order chi connectivity index (χ1) is 11.8. The van der Waals surface area contributed by atoms with Gasteiger partial charge in [-0.15, -0.1) is 24.8 Å². The van der Waals surface area contributed by atoms with E-state index in [1.165, 1.54) is 75.6 Å². The van der Waals surface area contributed by atoms with E-state index in [9.17, 15) is 0 Å². The number of likely N-dealkylation sites (tertiary alicyclic amines) is 1. The van der Waals surface area contributed by atoms with Crippen molar-refractivity contribution in [2.24, 2.45) is 11.7 Å². The Morgan fingerprint density at radius 1 is 1.04 bits per heavy atom. The number of nitrogens with two attached hydrogens (primary N) is 1. The van der Waals surface area contributed by atoms with Gasteiger partial charge in [0.15, 0.2) is 0 Å². The van der Waals surface area contributed by atoms with Crippen LogP contribution in [0.2, 0.25) is 0 Å². The summed E-state index contributed by atoms with van der Waals surface area (Å²) in [7, 11) is 0. The quantitative estimate of drug-likeness (QED) is 0.721. The molecule has 0 aromatic carbocycles. The van der Waals surface area contributed by atoms with Gasteiger partial charge in [0.1, 0.15) is 5.76 Å². The molecule has 26 heavy (non-hydrogen) atoms. The van der Waals surface area contributed by atoms with Crippen molar-refractivity contribution in [3.63, 3.8) is 0 Å². The van der Waals surface area contributed by atoms with Gasteiger partial charge in [0.05, 0.1) is 6.26 Å². The standard InChI is InChI=1S/C21H30N2O.2ClH/c22-19-9-7-16(8-10-19)11-13-23-12-2-1-5-20(23)18-14-17-4-3-6-21(17)24-15-18;;/h3-4,6,14-16,19-20H,1-2,5,7-13,22H2;2*1H. The van der Waals surface area contributed by atoms with E-state index in [1.807, 2.05) is 12.3 Å². The minimum atomic E-state index is 0. The predicted octanol–water partition coefficient (Wildman–Crippen LogP) is 5.66. The Morgan fingerprint density at radius 2 is 1.85 bits per heavy atom. The minimum Gasteiger partial charge on any atom is -0.464 e. The lowest BCUT2D eigenvalue weighted by Crippen LogP contribution is -2.35. The minimum absolute atomic E-state index is 0. The molecule has 1 saturated heterocycles. The number of rotatable bonds is 4. The molecule has 3 nitrogen and oxygen atoms in total. The molecule has 0 aromatic heterocycles. The number of fused-ring (bicyclic) bond motifs is 1. The van der Waals surface area contributed by atoms with Crippen molar-refractivity contribution in [2.75, 3.05) is 13.1 Å². The van der Waals surface area contributed by atoms with Gasteiger partial charge in [-0.05, 0) is 76.1 Å². The van der Waals surface area contributed by atoms with E-state index in [2.05, 4.69) is 23.1 Å². The van der Waals surface area contributed by atoms with Crippen LogP contribution in [0.15, 0.2) is 34.9 Å². The third kappa shape index (κ3) is 4.95. The second-order valence-electron chi connectivity index (χ2n) is 7.84. The maximum atomic E-state index is 6.05. The van der Waals surface area contributed by atoms with E-state index in [1.54, 1.807) is 0 Å². The van der Waals surface area contributed by atoms with Crippen LogP contribution in [-0.4, -0.2) is 24.0 Å². The van der Waals surface area contributed by atoms with E-state index in [-0.39, 0.29) is 24.8 Å². The summed E-state index contributed by atoms with van der Waals surface area (Å²) < 4.78 is 5.85. The van der Waals surface area contributed by atoms with Crippen molar-refractivity contribution in [1.29, 1.82) is 0 Å². The molecule has 2 fully saturated rings. The second-order valence-corrected chi connectivity index (χ2v) is 7.84. The molecule has 2 heterocycles. The maximum Gasteiger partial charge on any atom is 0.133 e. The molecule has 1 saturated carbocycles. The molecule has 2 N–H and O–H groups in total. The molecule has 1 atom stereocenters. The van der Waals surface area contributed by atoms with Crippen molar-refractivity contribution < 1.29 is 4.42 Å². The van der Waals surface area contributed by atoms with Crippen LogP contribution in [-0.2, 0) is 0 Å². The highest BCUT2D eigenvalue weighted by Gasteiger charge is 2.26. The van der Waals surface area contributed by atoms with E-state index in [0.29, 0.717) is 12.1 Å². The maximum absolute atomic E-state index is 6.05. The lowest BCUT2D eigenvalue weighted by atomic mass is 9.84. The molecule has 5 heteroatoms. The third-order valence-corrected chi connectivity index (χ3v) is 6.17. The summed E-state index contributed by atoms with van der Waals surface area (Å²) in [6, 6.07) is 9.60. The number of piperidine rings is 1. The first-order valence-electron chi connectivity index (χ1n) is 9.76. The Hall–Kier alpha value is -0.740. The zero-order chi connectivity index (χ0) is 16.4. The van der Waals surface area contributed by atoms with Gasteiger partial charge in [0.25, 0.3) is 0 Å². The third-order valence-electron chi connectivity index (χ3n) is 6.17. The monoisotopic (exact) mass is 398 g/mol. The van der Waals surface area contributed by atoms with E-state index >= 15 is 0 Å². The Balaban J connectivity index is 0.00000121. The molecule has 0 spiro atoms. The highest BCUT2D eigenvalue weighted by molar-refractivity contribution is 5.85. The molecule has 0 aromatic rings. The SMILES string of the molecule is Cl.Cl.NC1CCC(CCN2CCCCC2c2coc3cccc-3c2)CC1. The molecule has 0 amide bonds. The number of hydrogen-bond acceptors (Lipinski definition) is 3. The highest BCUT2D eigenvalue weighted by Crippen LogP contribution is 2.35. The van der Waals surface area contributed by atoms with Crippen molar-refractivity contribution in [3.8, 4) is 11.3 Å². The molecule has 1 unspecified atom stereocenters. The lowest BCUT2D eigenvalue weighted by Gasteiger charge is -2.37. The van der Waals surface area contributed by atoms with Crippen LogP contribution in [0.1, 0.15) is 63.0 Å². The summed E-state index contributed by atoms with van der Waals surface area (Å²) in [5.41, 5.74) is 8.65. The Kier molecular flexibility index (Phi) is 8.28. The lowest BCUT2D eigenvalue weighted by molar-refractivity contribution is 0.131. The molecule has 2 aliphatic heterocycles. The van der Waals surface area contributed by atoms with Crippen molar-refractivity contribution in [2.45, 2.75) is 63.5 Å². The summed E-state index contributed by atoms with van der Waals surface area (Å²) >= 11 is 0. The molecule has 0 bridgehead atoms. The Labute approximate surface area is 169 Å². The van der Waals surface area contributed by atoms with Crippen molar-refractivity contribution in [3.05, 3.63) is 36.1 Å². The molecule has 2 aliphatic carbocycles. The van der Waals surface area contributed by atoms with E-state index in [4.69, 9.17) is 10.2 Å². The molecular weight excluding hydrogens is 367 g/mol. The largest absolute Gasteiger partial charge is 0.464 e. The van der Waals surface area contributed by atoms with Gasteiger partial charge in [0.2, 0.25) is 0 Å². The summed E-state index contributed by atoms with van der Waals surface area (Å²) in [6.45, 7) is 2.46. The topological polar surface area (TPSA) is 42.4 Å². The Morgan fingerprint density at radius 3 is 2.65 bits per heavy atom. The summed E-state index contributed by atoms with van der Waals surface area (Å²) in [5.74, 6) is 1.88. The van der Waals surface area contributed by atoms with Crippen LogP contribution in [0.3, 0.4) is 0 Å². The van der Waals surface area contributed by atoms with Gasteiger partial charge in [-0.2, -0.15) is 0 Å². The fraction of sp³-hybridized carbons (Fsp3) is 0.619. The highest BCUT2D eigenvalue weighted by atomic mass is 35.5. The average molecular weight is 399 g/mol. The van der Waals surface area contributed by atoms with Crippen LogP contribution in [0.25, 0.3) is 11.3 Å². The van der Waals surface area contributed by atoms with Crippen LogP contribution in [0.4, 0.5) is 0 Å². The van der Waals surface area contributed by atoms with Crippen LogP contribution < -0.4 is 5.73 Å². The van der Waals surface area contributed by atoms with E-state index < -0.39 is 0 Å². The van der Waals surface area contributed by atoms with E-state index in [0.717, 1.165) is 11.7 Å². The molecular formula is C21H32Cl2N2O. The van der Waals surface area contributed by atoms with Crippen molar-refractivity contribution in [1.82, 2.24) is 4.90 Å². The fourth-order valence-electron chi connectivity index (χ4n) is 4.63. The summed E-state index contributed by atoms with van der Waals surface area (Å²) in [5, 5.41) is 0. The van der Waals surface area contributed by atoms with Gasteiger partial charge in [0, 0.05) is 23.2 Å². The molecule has 0 radical (unpaired) electrons. The first kappa shape index (κ1) is 21.6. The number of hydrogen-bond donors (Lipinski definition) is 1. The van der Waals surface area contributed by atoms with Gasteiger partial charge in [-0.25, -0.2) is 0 Å². The number of halogens is 2. The van der Waals surface area contributed by atoms with Gasteiger partial charge < -0.3 is 10.2 Å². The average Bonchev–Trinajstić information content (AvgIpc) is 3.09. The molecule has 146 valence electrons. The predicted molar refractivity (Wildman–Crippen MR) is 113 cm³/mol. The van der Waals surface area contributed by atoms with Crippen LogP contribution >= 0.6 is 24.8 Å². The zero-order valence-corrected chi connectivity index (χ0v) is 17.1. The summed E-state index contributed by atoms with van der Waals surface area (Å²) in [4.78, 5) is 2.71. The second kappa shape index (κ2) is 9.98. The van der Waals surface area contributed by atoms with Gasteiger partial charge >= 0.3 is 0 Å². The van der Waals surface area contributed by atoms with Crippen LogP contribution in [0, 0.1) is 5.92 Å². The normalized spacial score (nSPS) is 26.9. The van der Waals surface area contributed by atoms with Crippen LogP contribution in [0.5, 0.6) is 0 Å². The molecule has 4 rings (SSSR count). The molecule has 4 aliphatic rings. The smallest absolute Gasteiger partial charge is 0.133 e.